The summed E-state index contributed by atoms with van der Waals surface area (Å²) in [4.78, 5) is 20.5. The second-order valence-electron chi connectivity index (χ2n) is 2.47. The van der Waals surface area contributed by atoms with E-state index in [-0.39, 0.29) is 6.42 Å². The fourth-order valence-electron chi connectivity index (χ4n) is 0.815. The van der Waals surface area contributed by atoms with E-state index >= 15 is 0 Å². The Kier molecular flexibility index (Phi) is 4.76. The minimum atomic E-state index is -0.949. The highest BCUT2D eigenvalue weighted by molar-refractivity contribution is 5.72. The second kappa shape index (κ2) is 5.35. The summed E-state index contributed by atoms with van der Waals surface area (Å²) < 4.78 is 0. The molecule has 4 heteroatoms. The third kappa shape index (κ3) is 4.49. The third-order valence-electron chi connectivity index (χ3n) is 1.51. The van der Waals surface area contributed by atoms with Gasteiger partial charge < -0.3 is 10.2 Å². The largest absolute Gasteiger partial charge is 0.481 e. The van der Waals surface area contributed by atoms with Crippen LogP contribution in [0.1, 0.15) is 19.3 Å². The van der Waals surface area contributed by atoms with Gasteiger partial charge in [-0.3, -0.25) is 9.59 Å². The predicted molar refractivity (Wildman–Crippen MR) is 42.8 cm³/mol. The zero-order valence-electron chi connectivity index (χ0n) is 6.69. The predicted octanol–water partition coefficient (Wildman–Crippen LogP) is 1.13. The maximum absolute atomic E-state index is 10.4. The molecular formula is C8H12O4. The van der Waals surface area contributed by atoms with Gasteiger partial charge in [-0.25, -0.2) is 0 Å². The van der Waals surface area contributed by atoms with Gasteiger partial charge in [0.2, 0.25) is 0 Å². The Hall–Kier alpha value is -1.32. The summed E-state index contributed by atoms with van der Waals surface area (Å²) in [5, 5.41) is 16.8. The zero-order valence-corrected chi connectivity index (χ0v) is 6.69. The average Bonchev–Trinajstić information content (AvgIpc) is 1.96. The van der Waals surface area contributed by atoms with E-state index in [9.17, 15) is 9.59 Å². The molecule has 68 valence electrons. The van der Waals surface area contributed by atoms with Crippen LogP contribution in [0.5, 0.6) is 0 Å². The number of carboxylic acids is 2. The maximum atomic E-state index is 10.4. The summed E-state index contributed by atoms with van der Waals surface area (Å²) in [6, 6.07) is 0. The van der Waals surface area contributed by atoms with Gasteiger partial charge in [0.1, 0.15) is 0 Å². The van der Waals surface area contributed by atoms with Gasteiger partial charge in [0, 0.05) is 6.42 Å². The quantitative estimate of drug-likeness (QED) is 0.589. The van der Waals surface area contributed by atoms with E-state index in [2.05, 4.69) is 6.58 Å². The lowest BCUT2D eigenvalue weighted by atomic mass is 10.0. The van der Waals surface area contributed by atoms with Crippen molar-refractivity contribution in [3.05, 3.63) is 12.7 Å². The number of rotatable bonds is 6. The molecule has 0 aromatic carbocycles. The summed E-state index contributed by atoms with van der Waals surface area (Å²) in [6.45, 7) is 3.35. The monoisotopic (exact) mass is 172 g/mol. The molecule has 0 bridgehead atoms. The van der Waals surface area contributed by atoms with Crippen LogP contribution < -0.4 is 0 Å². The lowest BCUT2D eigenvalue weighted by Gasteiger charge is -2.04. The van der Waals surface area contributed by atoms with Gasteiger partial charge in [0.25, 0.3) is 0 Å². The average molecular weight is 172 g/mol. The highest BCUT2D eigenvalue weighted by Crippen LogP contribution is 2.09. The first kappa shape index (κ1) is 10.7. The van der Waals surface area contributed by atoms with Crippen LogP contribution in [0.2, 0.25) is 0 Å². The molecule has 0 heterocycles. The summed E-state index contributed by atoms with van der Waals surface area (Å²) in [7, 11) is 0. The summed E-state index contributed by atoms with van der Waals surface area (Å²) in [6.07, 6.45) is 2.05. The maximum Gasteiger partial charge on any atom is 0.310 e. The molecule has 1 unspecified atom stereocenters. The van der Waals surface area contributed by atoms with Crippen molar-refractivity contribution in [2.75, 3.05) is 0 Å². The van der Waals surface area contributed by atoms with Crippen molar-refractivity contribution in [2.24, 2.45) is 5.92 Å². The van der Waals surface area contributed by atoms with Crippen LogP contribution >= 0.6 is 0 Å². The van der Waals surface area contributed by atoms with E-state index in [0.29, 0.717) is 12.8 Å². The van der Waals surface area contributed by atoms with Gasteiger partial charge in [-0.1, -0.05) is 6.08 Å². The Morgan fingerprint density at radius 1 is 1.42 bits per heavy atom. The molecule has 0 fully saturated rings. The topological polar surface area (TPSA) is 74.6 Å². The Balaban J connectivity index is 3.66. The van der Waals surface area contributed by atoms with Crippen LogP contribution in [0.15, 0.2) is 12.7 Å². The van der Waals surface area contributed by atoms with E-state index in [0.717, 1.165) is 0 Å². The molecule has 0 saturated carbocycles. The molecule has 12 heavy (non-hydrogen) atoms. The minimum Gasteiger partial charge on any atom is -0.481 e. The Morgan fingerprint density at radius 2 is 2.00 bits per heavy atom. The standard InChI is InChI=1S/C8H12O4/c1-2-6(8(11)12)4-3-5-7(9)10/h2,6H,1,3-5H2,(H,9,10)(H,11,12). The van der Waals surface area contributed by atoms with Gasteiger partial charge >= 0.3 is 11.9 Å². The number of hydrogen-bond acceptors (Lipinski definition) is 2. The van der Waals surface area contributed by atoms with E-state index in [1.165, 1.54) is 6.08 Å². The molecule has 0 spiro atoms. The first-order valence-electron chi connectivity index (χ1n) is 3.65. The van der Waals surface area contributed by atoms with Gasteiger partial charge in [-0.2, -0.15) is 0 Å². The smallest absolute Gasteiger partial charge is 0.310 e. The zero-order chi connectivity index (χ0) is 9.56. The van der Waals surface area contributed by atoms with Gasteiger partial charge in [0.15, 0.2) is 0 Å². The SMILES string of the molecule is C=CC(CCCC(=O)O)C(=O)O. The molecule has 0 aromatic rings. The second-order valence-corrected chi connectivity index (χ2v) is 2.47. The molecule has 0 radical (unpaired) electrons. The first-order chi connectivity index (χ1) is 5.57. The Morgan fingerprint density at radius 3 is 2.33 bits per heavy atom. The van der Waals surface area contributed by atoms with Crippen molar-refractivity contribution in [3.8, 4) is 0 Å². The molecule has 1 atom stereocenters. The molecule has 2 N–H and O–H groups in total. The molecule has 4 nitrogen and oxygen atoms in total. The summed E-state index contributed by atoms with van der Waals surface area (Å²) in [5.41, 5.74) is 0. The molecule has 0 aromatic heterocycles. The van der Waals surface area contributed by atoms with E-state index in [1.807, 2.05) is 0 Å². The van der Waals surface area contributed by atoms with E-state index in [4.69, 9.17) is 10.2 Å². The van der Waals surface area contributed by atoms with E-state index in [1.54, 1.807) is 0 Å². The molecule has 0 aliphatic carbocycles. The van der Waals surface area contributed by atoms with Crippen molar-refractivity contribution in [1.29, 1.82) is 0 Å². The van der Waals surface area contributed by atoms with Crippen molar-refractivity contribution < 1.29 is 19.8 Å². The molecule has 0 aliphatic rings. The minimum absolute atomic E-state index is 0.0115. The normalized spacial score (nSPS) is 12.0. The molecule has 0 amide bonds. The summed E-state index contributed by atoms with van der Waals surface area (Å²) >= 11 is 0. The van der Waals surface area contributed by atoms with Crippen molar-refractivity contribution in [3.63, 3.8) is 0 Å². The molecule has 0 aliphatic heterocycles. The summed E-state index contributed by atoms with van der Waals surface area (Å²) in [5.74, 6) is -2.47. The van der Waals surface area contributed by atoms with E-state index < -0.39 is 17.9 Å². The third-order valence-corrected chi connectivity index (χ3v) is 1.51. The fourth-order valence-corrected chi connectivity index (χ4v) is 0.815. The van der Waals surface area contributed by atoms with Crippen LogP contribution in [0.4, 0.5) is 0 Å². The van der Waals surface area contributed by atoms with Gasteiger partial charge in [0.05, 0.1) is 5.92 Å². The number of hydrogen-bond donors (Lipinski definition) is 2. The highest BCUT2D eigenvalue weighted by atomic mass is 16.4. The first-order valence-corrected chi connectivity index (χ1v) is 3.65. The lowest BCUT2D eigenvalue weighted by Crippen LogP contribution is -2.11. The fraction of sp³-hybridized carbons (Fsp3) is 0.500. The lowest BCUT2D eigenvalue weighted by molar-refractivity contribution is -0.141. The van der Waals surface area contributed by atoms with Crippen molar-refractivity contribution in [2.45, 2.75) is 19.3 Å². The molecule has 0 saturated heterocycles. The van der Waals surface area contributed by atoms with Crippen LogP contribution in [0.25, 0.3) is 0 Å². The Bertz CT molecular complexity index is 185. The van der Waals surface area contributed by atoms with Crippen LogP contribution in [-0.2, 0) is 9.59 Å². The van der Waals surface area contributed by atoms with Crippen LogP contribution in [-0.4, -0.2) is 22.2 Å². The van der Waals surface area contributed by atoms with Crippen molar-refractivity contribution in [1.82, 2.24) is 0 Å². The van der Waals surface area contributed by atoms with Crippen molar-refractivity contribution >= 4 is 11.9 Å². The Labute approximate surface area is 70.5 Å². The highest BCUT2D eigenvalue weighted by Gasteiger charge is 2.12. The number of aliphatic carboxylic acids is 2. The number of carbonyl (C=O) groups is 2. The van der Waals surface area contributed by atoms with Gasteiger partial charge in [-0.15, -0.1) is 6.58 Å². The van der Waals surface area contributed by atoms with Gasteiger partial charge in [-0.05, 0) is 12.8 Å². The molecule has 0 rings (SSSR count). The number of carboxylic acid groups (broad SMARTS) is 2. The molecular weight excluding hydrogens is 160 g/mol. The van der Waals surface area contributed by atoms with Crippen LogP contribution in [0, 0.1) is 5.92 Å². The van der Waals surface area contributed by atoms with Crippen LogP contribution in [0.3, 0.4) is 0 Å².